The molecule has 2 N–H and O–H groups in total. The third-order valence-corrected chi connectivity index (χ3v) is 4.32. The van der Waals surface area contributed by atoms with Crippen LogP contribution < -0.4 is 5.32 Å². The first-order valence-electron chi connectivity index (χ1n) is 7.71. The molecule has 1 rings (SSSR count). The molecule has 1 aliphatic rings. The van der Waals surface area contributed by atoms with Gasteiger partial charge in [0, 0.05) is 11.6 Å². The summed E-state index contributed by atoms with van der Waals surface area (Å²) in [6, 6.07) is 0.743. The van der Waals surface area contributed by atoms with Crippen LogP contribution in [0, 0.1) is 0 Å². The zero-order valence-corrected chi connectivity index (χ0v) is 12.5. The summed E-state index contributed by atoms with van der Waals surface area (Å²) < 4.78 is 0. The maximum absolute atomic E-state index is 9.47. The fourth-order valence-electron chi connectivity index (χ4n) is 2.99. The highest BCUT2D eigenvalue weighted by molar-refractivity contribution is 4.82. The molecule has 108 valence electrons. The van der Waals surface area contributed by atoms with Crippen LogP contribution in [-0.2, 0) is 0 Å². The summed E-state index contributed by atoms with van der Waals surface area (Å²) in [5, 5.41) is 12.9. The zero-order chi connectivity index (χ0) is 13.4. The Balaban J connectivity index is 2.30. The van der Waals surface area contributed by atoms with Gasteiger partial charge < -0.3 is 15.3 Å². The molecule has 1 fully saturated rings. The number of nitrogens with zero attached hydrogens (tertiary/aromatic N) is 1. The maximum atomic E-state index is 9.47. The van der Waals surface area contributed by atoms with E-state index in [1.807, 2.05) is 0 Å². The number of likely N-dealkylation sites (tertiary alicyclic amines) is 1. The lowest BCUT2D eigenvalue weighted by Gasteiger charge is -2.31. The van der Waals surface area contributed by atoms with E-state index >= 15 is 0 Å². The molecule has 18 heavy (non-hydrogen) atoms. The molecule has 1 heterocycles. The second-order valence-corrected chi connectivity index (χ2v) is 6.09. The van der Waals surface area contributed by atoms with Gasteiger partial charge in [0.1, 0.15) is 0 Å². The van der Waals surface area contributed by atoms with Crippen molar-refractivity contribution < 1.29 is 5.11 Å². The molecular weight excluding hydrogens is 224 g/mol. The van der Waals surface area contributed by atoms with E-state index in [0.717, 1.165) is 19.0 Å². The van der Waals surface area contributed by atoms with Gasteiger partial charge in [-0.15, -0.1) is 0 Å². The van der Waals surface area contributed by atoms with Crippen molar-refractivity contribution in [3.8, 4) is 0 Å². The molecular formula is C15H32N2O. The SMILES string of the molecule is CCNC(C)(CO)CCCN1CCCCCC1C. The average Bonchev–Trinajstić information content (AvgIpc) is 2.55. The molecule has 2 atom stereocenters. The Morgan fingerprint density at radius 3 is 2.78 bits per heavy atom. The van der Waals surface area contributed by atoms with Crippen molar-refractivity contribution in [2.75, 3.05) is 26.2 Å². The average molecular weight is 256 g/mol. The van der Waals surface area contributed by atoms with Crippen LogP contribution in [0.1, 0.15) is 59.3 Å². The van der Waals surface area contributed by atoms with Gasteiger partial charge in [-0.1, -0.05) is 19.8 Å². The first kappa shape index (κ1) is 15.9. The molecule has 3 heteroatoms. The van der Waals surface area contributed by atoms with Gasteiger partial charge in [0.05, 0.1) is 6.61 Å². The minimum atomic E-state index is -0.0934. The van der Waals surface area contributed by atoms with Crippen LogP contribution in [-0.4, -0.2) is 47.8 Å². The monoisotopic (exact) mass is 256 g/mol. The Hall–Kier alpha value is -0.120. The Morgan fingerprint density at radius 1 is 1.33 bits per heavy atom. The molecule has 0 aromatic rings. The minimum absolute atomic E-state index is 0.0934. The van der Waals surface area contributed by atoms with Crippen LogP contribution in [0.25, 0.3) is 0 Å². The van der Waals surface area contributed by atoms with E-state index in [2.05, 4.69) is 31.0 Å². The smallest absolute Gasteiger partial charge is 0.0610 e. The van der Waals surface area contributed by atoms with Gasteiger partial charge in [0.15, 0.2) is 0 Å². The number of hydrogen-bond acceptors (Lipinski definition) is 3. The number of nitrogens with one attached hydrogen (secondary N) is 1. The second-order valence-electron chi connectivity index (χ2n) is 6.09. The van der Waals surface area contributed by atoms with Gasteiger partial charge in [0.2, 0.25) is 0 Å². The molecule has 0 aromatic carbocycles. The lowest BCUT2D eigenvalue weighted by atomic mass is 9.96. The molecule has 0 radical (unpaired) electrons. The highest BCUT2D eigenvalue weighted by Gasteiger charge is 2.22. The number of aliphatic hydroxyl groups is 1. The van der Waals surface area contributed by atoms with E-state index in [0.29, 0.717) is 0 Å². The van der Waals surface area contributed by atoms with E-state index < -0.39 is 0 Å². The summed E-state index contributed by atoms with van der Waals surface area (Å²) in [4.78, 5) is 2.64. The van der Waals surface area contributed by atoms with Crippen molar-refractivity contribution in [2.24, 2.45) is 0 Å². The van der Waals surface area contributed by atoms with Gasteiger partial charge in [-0.05, 0) is 59.2 Å². The van der Waals surface area contributed by atoms with Gasteiger partial charge >= 0.3 is 0 Å². The molecule has 3 nitrogen and oxygen atoms in total. The van der Waals surface area contributed by atoms with Crippen molar-refractivity contribution in [1.29, 1.82) is 0 Å². The first-order valence-corrected chi connectivity index (χ1v) is 7.71. The standard InChI is InChI=1S/C15H32N2O/c1-4-16-15(3,13-18)10-8-12-17-11-7-5-6-9-14(17)2/h14,16,18H,4-13H2,1-3H3. The van der Waals surface area contributed by atoms with Gasteiger partial charge in [0.25, 0.3) is 0 Å². The third kappa shape index (κ3) is 5.25. The van der Waals surface area contributed by atoms with Crippen molar-refractivity contribution >= 4 is 0 Å². The van der Waals surface area contributed by atoms with E-state index in [1.54, 1.807) is 0 Å². The van der Waals surface area contributed by atoms with E-state index in [1.165, 1.54) is 45.2 Å². The molecule has 0 spiro atoms. The maximum Gasteiger partial charge on any atom is 0.0610 e. The normalized spacial score (nSPS) is 25.7. The van der Waals surface area contributed by atoms with Gasteiger partial charge in [-0.3, -0.25) is 0 Å². The number of hydrogen-bond donors (Lipinski definition) is 2. The molecule has 0 amide bonds. The Morgan fingerprint density at radius 2 is 2.11 bits per heavy atom. The van der Waals surface area contributed by atoms with Crippen LogP contribution in [0.15, 0.2) is 0 Å². The number of rotatable bonds is 7. The summed E-state index contributed by atoms with van der Waals surface area (Å²) in [5.74, 6) is 0. The predicted molar refractivity (Wildman–Crippen MR) is 77.9 cm³/mol. The lowest BCUT2D eigenvalue weighted by Crippen LogP contribution is -2.46. The first-order chi connectivity index (χ1) is 8.61. The highest BCUT2D eigenvalue weighted by atomic mass is 16.3. The van der Waals surface area contributed by atoms with Crippen LogP contribution in [0.2, 0.25) is 0 Å². The Kier molecular flexibility index (Phi) is 7.20. The lowest BCUT2D eigenvalue weighted by molar-refractivity contribution is 0.151. The fourth-order valence-corrected chi connectivity index (χ4v) is 2.99. The van der Waals surface area contributed by atoms with Crippen LogP contribution >= 0.6 is 0 Å². The van der Waals surface area contributed by atoms with E-state index in [9.17, 15) is 5.11 Å². The third-order valence-electron chi connectivity index (χ3n) is 4.32. The largest absolute Gasteiger partial charge is 0.394 e. The number of likely N-dealkylation sites (N-methyl/N-ethyl adjacent to an activating group) is 1. The number of aliphatic hydroxyl groups excluding tert-OH is 1. The molecule has 0 aromatic heterocycles. The summed E-state index contributed by atoms with van der Waals surface area (Å²) in [5.41, 5.74) is -0.0934. The van der Waals surface area contributed by atoms with Crippen molar-refractivity contribution in [1.82, 2.24) is 10.2 Å². The molecule has 0 bridgehead atoms. The highest BCUT2D eigenvalue weighted by Crippen LogP contribution is 2.18. The van der Waals surface area contributed by atoms with Crippen molar-refractivity contribution in [2.45, 2.75) is 70.9 Å². The summed E-state index contributed by atoms with van der Waals surface area (Å²) >= 11 is 0. The Bertz CT molecular complexity index is 223. The quantitative estimate of drug-likeness (QED) is 0.734. The second kappa shape index (κ2) is 8.13. The summed E-state index contributed by atoms with van der Waals surface area (Å²) in [6.45, 7) is 10.2. The van der Waals surface area contributed by atoms with Gasteiger partial charge in [-0.2, -0.15) is 0 Å². The van der Waals surface area contributed by atoms with Crippen molar-refractivity contribution in [3.63, 3.8) is 0 Å². The zero-order valence-electron chi connectivity index (χ0n) is 12.5. The Labute approximate surface area is 113 Å². The van der Waals surface area contributed by atoms with Crippen LogP contribution in [0.5, 0.6) is 0 Å². The molecule has 1 saturated heterocycles. The minimum Gasteiger partial charge on any atom is -0.394 e. The molecule has 0 aliphatic carbocycles. The van der Waals surface area contributed by atoms with E-state index in [4.69, 9.17) is 0 Å². The topological polar surface area (TPSA) is 35.5 Å². The summed E-state index contributed by atoms with van der Waals surface area (Å²) in [7, 11) is 0. The fraction of sp³-hybridized carbons (Fsp3) is 1.00. The van der Waals surface area contributed by atoms with Crippen LogP contribution in [0.4, 0.5) is 0 Å². The summed E-state index contributed by atoms with van der Waals surface area (Å²) in [6.07, 6.45) is 7.73. The van der Waals surface area contributed by atoms with Crippen molar-refractivity contribution in [3.05, 3.63) is 0 Å². The van der Waals surface area contributed by atoms with E-state index in [-0.39, 0.29) is 12.1 Å². The molecule has 2 unspecified atom stereocenters. The molecule has 1 aliphatic heterocycles. The van der Waals surface area contributed by atoms with Gasteiger partial charge in [-0.25, -0.2) is 0 Å². The predicted octanol–water partition coefficient (Wildman–Crippen LogP) is 2.39. The molecule has 0 saturated carbocycles. The van der Waals surface area contributed by atoms with Crippen LogP contribution in [0.3, 0.4) is 0 Å².